The van der Waals surface area contributed by atoms with Gasteiger partial charge in [-0.1, -0.05) is 0 Å². The molecule has 0 unspecified atom stereocenters. The molecule has 3 rings (SSSR count). The standard InChI is InChI=1S/C18H26N3O5P/c1-5-24-18(22)15-12(4)21-17(16(15)27(23,25-6-2)26-7-3)19-13-10-8-9-11-14(13)20-21/h5-11H2,1-4H3. The third-order valence-corrected chi connectivity index (χ3v) is 6.72. The van der Waals surface area contributed by atoms with Crippen LogP contribution in [-0.4, -0.2) is 40.4 Å². The fraction of sp³-hybridized carbons (Fsp3) is 0.611. The largest absolute Gasteiger partial charge is 0.462 e. The van der Waals surface area contributed by atoms with Gasteiger partial charge in [0.05, 0.1) is 36.9 Å². The SMILES string of the molecule is CCOC(=O)c1c(P(=O)(OCC)OCC)c2nc3c(nn2c1C)CCCC3. The molecule has 0 aliphatic heterocycles. The van der Waals surface area contributed by atoms with Gasteiger partial charge in [0.15, 0.2) is 5.65 Å². The number of hydrogen-bond donors (Lipinski definition) is 0. The van der Waals surface area contributed by atoms with Gasteiger partial charge >= 0.3 is 13.6 Å². The maximum absolute atomic E-state index is 13.6. The highest BCUT2D eigenvalue weighted by Crippen LogP contribution is 2.49. The van der Waals surface area contributed by atoms with Gasteiger partial charge in [0.2, 0.25) is 0 Å². The van der Waals surface area contributed by atoms with Crippen molar-refractivity contribution in [2.45, 2.75) is 53.4 Å². The van der Waals surface area contributed by atoms with Gasteiger partial charge in [0.25, 0.3) is 0 Å². The second kappa shape index (κ2) is 8.09. The van der Waals surface area contributed by atoms with Crippen LogP contribution in [0.15, 0.2) is 0 Å². The van der Waals surface area contributed by atoms with Crippen molar-refractivity contribution in [1.29, 1.82) is 0 Å². The molecule has 1 aliphatic rings. The minimum Gasteiger partial charge on any atom is -0.462 e. The molecule has 0 aromatic carbocycles. The molecule has 0 radical (unpaired) electrons. The summed E-state index contributed by atoms with van der Waals surface area (Å²) < 4.78 is 31.5. The van der Waals surface area contributed by atoms with E-state index in [0.717, 1.165) is 37.1 Å². The Morgan fingerprint density at radius 3 is 2.30 bits per heavy atom. The fourth-order valence-electron chi connectivity index (χ4n) is 3.43. The summed E-state index contributed by atoms with van der Waals surface area (Å²) >= 11 is 0. The van der Waals surface area contributed by atoms with Gasteiger partial charge in [0.1, 0.15) is 10.9 Å². The molecule has 0 spiro atoms. The Bertz CT molecular complexity index is 898. The average molecular weight is 395 g/mol. The number of rotatable bonds is 7. The first-order chi connectivity index (χ1) is 13.0. The Hall–Kier alpha value is -1.76. The first-order valence-electron chi connectivity index (χ1n) is 9.44. The highest BCUT2D eigenvalue weighted by atomic mass is 31.2. The van der Waals surface area contributed by atoms with Gasteiger partial charge in [0, 0.05) is 0 Å². The quantitative estimate of drug-likeness (QED) is 0.526. The number of hydrogen-bond acceptors (Lipinski definition) is 7. The summed E-state index contributed by atoms with van der Waals surface area (Å²) in [6.07, 6.45) is 3.74. The molecule has 0 fully saturated rings. The van der Waals surface area contributed by atoms with E-state index in [9.17, 15) is 9.36 Å². The van der Waals surface area contributed by atoms with E-state index in [0.29, 0.717) is 11.3 Å². The molecule has 0 amide bonds. The fourth-order valence-corrected chi connectivity index (χ4v) is 5.36. The third kappa shape index (κ3) is 3.53. The van der Waals surface area contributed by atoms with Crippen molar-refractivity contribution < 1.29 is 23.1 Å². The minimum atomic E-state index is -3.77. The second-order valence-electron chi connectivity index (χ2n) is 6.31. The summed E-state index contributed by atoms with van der Waals surface area (Å²) in [5.74, 6) is -0.574. The molecule has 148 valence electrons. The Morgan fingerprint density at radius 1 is 1.07 bits per heavy atom. The minimum absolute atomic E-state index is 0.156. The maximum atomic E-state index is 13.6. The van der Waals surface area contributed by atoms with E-state index in [1.807, 2.05) is 0 Å². The zero-order valence-corrected chi connectivity index (χ0v) is 17.2. The lowest BCUT2D eigenvalue weighted by Gasteiger charge is -2.18. The monoisotopic (exact) mass is 395 g/mol. The summed E-state index contributed by atoms with van der Waals surface area (Å²) in [6.45, 7) is 7.48. The second-order valence-corrected chi connectivity index (χ2v) is 8.27. The molecule has 2 aromatic heterocycles. The maximum Gasteiger partial charge on any atom is 0.366 e. The summed E-state index contributed by atoms with van der Waals surface area (Å²) in [5.41, 5.74) is 2.84. The van der Waals surface area contributed by atoms with Crippen molar-refractivity contribution in [3.8, 4) is 0 Å². The van der Waals surface area contributed by atoms with Crippen LogP contribution in [0.25, 0.3) is 5.65 Å². The van der Waals surface area contributed by atoms with Crippen LogP contribution in [0.5, 0.6) is 0 Å². The van der Waals surface area contributed by atoms with Gasteiger partial charge < -0.3 is 13.8 Å². The molecule has 0 bridgehead atoms. The van der Waals surface area contributed by atoms with Gasteiger partial charge in [-0.15, -0.1) is 0 Å². The highest BCUT2D eigenvalue weighted by molar-refractivity contribution is 7.63. The number of nitrogens with zero attached hydrogens (tertiary/aromatic N) is 3. The van der Waals surface area contributed by atoms with Crippen molar-refractivity contribution in [3.05, 3.63) is 22.6 Å². The van der Waals surface area contributed by atoms with Gasteiger partial charge in [-0.25, -0.2) is 14.3 Å². The summed E-state index contributed by atoms with van der Waals surface area (Å²) in [7, 11) is -3.77. The van der Waals surface area contributed by atoms with E-state index in [1.165, 1.54) is 0 Å². The lowest BCUT2D eigenvalue weighted by molar-refractivity contribution is 0.0526. The molecule has 0 N–H and O–H groups in total. The molecule has 1 aliphatic carbocycles. The van der Waals surface area contributed by atoms with Crippen molar-refractivity contribution in [3.63, 3.8) is 0 Å². The molecular weight excluding hydrogens is 369 g/mol. The van der Waals surface area contributed by atoms with Crippen LogP contribution < -0.4 is 5.30 Å². The molecule has 0 atom stereocenters. The van der Waals surface area contributed by atoms with Crippen molar-refractivity contribution in [2.24, 2.45) is 0 Å². The number of aryl methyl sites for hydroxylation is 3. The number of fused-ring (bicyclic) bond motifs is 2. The van der Waals surface area contributed by atoms with Crippen LogP contribution in [0.3, 0.4) is 0 Å². The number of esters is 1. The molecular formula is C18H26N3O5P. The highest BCUT2D eigenvalue weighted by Gasteiger charge is 2.39. The predicted molar refractivity (Wildman–Crippen MR) is 101 cm³/mol. The zero-order chi connectivity index (χ0) is 19.6. The third-order valence-electron chi connectivity index (χ3n) is 4.55. The van der Waals surface area contributed by atoms with Crippen molar-refractivity contribution in [2.75, 3.05) is 19.8 Å². The Morgan fingerprint density at radius 2 is 1.70 bits per heavy atom. The van der Waals surface area contributed by atoms with Crippen LogP contribution in [0, 0.1) is 6.92 Å². The summed E-state index contributed by atoms with van der Waals surface area (Å²) in [6, 6.07) is 0. The zero-order valence-electron chi connectivity index (χ0n) is 16.3. The number of ether oxygens (including phenoxy) is 1. The Labute approximate surface area is 158 Å². The van der Waals surface area contributed by atoms with Crippen LogP contribution in [0.1, 0.15) is 61.1 Å². The van der Waals surface area contributed by atoms with Crippen LogP contribution >= 0.6 is 7.60 Å². The molecule has 2 heterocycles. The normalized spacial score (nSPS) is 14.4. The van der Waals surface area contributed by atoms with Gasteiger partial charge in [-0.2, -0.15) is 5.10 Å². The van der Waals surface area contributed by atoms with Crippen molar-refractivity contribution >= 4 is 24.5 Å². The van der Waals surface area contributed by atoms with Gasteiger partial charge in [-0.3, -0.25) is 4.57 Å². The van der Waals surface area contributed by atoms with Crippen LogP contribution in [-0.2, 0) is 31.2 Å². The Kier molecular flexibility index (Phi) is 5.99. The smallest absolute Gasteiger partial charge is 0.366 e. The van der Waals surface area contributed by atoms with E-state index in [-0.39, 0.29) is 30.7 Å². The van der Waals surface area contributed by atoms with E-state index in [4.69, 9.17) is 18.8 Å². The van der Waals surface area contributed by atoms with Crippen LogP contribution in [0.2, 0.25) is 0 Å². The van der Waals surface area contributed by atoms with E-state index in [2.05, 4.69) is 5.10 Å². The van der Waals surface area contributed by atoms with Crippen molar-refractivity contribution in [1.82, 2.24) is 14.6 Å². The molecule has 2 aromatic rings. The lowest BCUT2D eigenvalue weighted by atomic mass is 10.0. The molecule has 27 heavy (non-hydrogen) atoms. The first-order valence-corrected chi connectivity index (χ1v) is 11.0. The molecule has 0 saturated carbocycles. The molecule has 0 saturated heterocycles. The topological polar surface area (TPSA) is 92.0 Å². The Balaban J connectivity index is 2.34. The van der Waals surface area contributed by atoms with E-state index in [1.54, 1.807) is 32.2 Å². The molecule has 8 nitrogen and oxygen atoms in total. The number of carbonyl (C=O) groups excluding carboxylic acids is 1. The average Bonchev–Trinajstić information content (AvgIpc) is 2.93. The summed E-state index contributed by atoms with van der Waals surface area (Å²) in [4.78, 5) is 17.4. The van der Waals surface area contributed by atoms with E-state index >= 15 is 0 Å². The van der Waals surface area contributed by atoms with E-state index < -0.39 is 13.6 Å². The summed E-state index contributed by atoms with van der Waals surface area (Å²) in [5, 5.41) is 4.84. The first kappa shape index (κ1) is 20.0. The van der Waals surface area contributed by atoms with Crippen LogP contribution in [0.4, 0.5) is 0 Å². The van der Waals surface area contributed by atoms with Gasteiger partial charge in [-0.05, 0) is 53.4 Å². The predicted octanol–water partition coefficient (Wildman–Crippen LogP) is 2.98. The molecule has 9 heteroatoms. The number of carbonyl (C=O) groups is 1. The number of aromatic nitrogens is 3. The lowest BCUT2D eigenvalue weighted by Crippen LogP contribution is -2.21.